The van der Waals surface area contributed by atoms with Crippen LogP contribution in [-0.4, -0.2) is 33.4 Å². The summed E-state index contributed by atoms with van der Waals surface area (Å²) in [5.41, 5.74) is 2.52. The maximum atomic E-state index is 4.63. The average molecular weight is 271 g/mol. The van der Waals surface area contributed by atoms with Crippen molar-refractivity contribution < 1.29 is 0 Å². The van der Waals surface area contributed by atoms with Crippen LogP contribution < -0.4 is 0 Å². The van der Waals surface area contributed by atoms with Gasteiger partial charge in [0.25, 0.3) is 0 Å². The minimum atomic E-state index is 0.686. The molecule has 108 valence electrons. The zero-order valence-corrected chi connectivity index (χ0v) is 12.8. The molecule has 0 saturated carbocycles. The number of fused-ring (bicyclic) bond motifs is 1. The van der Waals surface area contributed by atoms with Crippen LogP contribution in [0.25, 0.3) is 5.52 Å². The van der Waals surface area contributed by atoms with Gasteiger partial charge in [0.2, 0.25) is 0 Å². The topological polar surface area (TPSA) is 20.5 Å². The molecule has 0 aromatic carbocycles. The van der Waals surface area contributed by atoms with Crippen LogP contribution in [0.4, 0.5) is 0 Å². The van der Waals surface area contributed by atoms with Gasteiger partial charge >= 0.3 is 0 Å². The summed E-state index contributed by atoms with van der Waals surface area (Å²) in [6.45, 7) is 9.21. The Hall–Kier alpha value is -1.35. The lowest BCUT2D eigenvalue weighted by Crippen LogP contribution is -2.38. The number of nitrogens with zero attached hydrogens (tertiary/aromatic N) is 3. The van der Waals surface area contributed by atoms with Crippen LogP contribution >= 0.6 is 0 Å². The second kappa shape index (κ2) is 5.57. The summed E-state index contributed by atoms with van der Waals surface area (Å²) in [6, 6.07) is 5.06. The lowest BCUT2D eigenvalue weighted by atomic mass is 9.92. The van der Waals surface area contributed by atoms with Gasteiger partial charge in [-0.3, -0.25) is 0 Å². The van der Waals surface area contributed by atoms with E-state index in [1.807, 2.05) is 6.20 Å². The van der Waals surface area contributed by atoms with E-state index >= 15 is 0 Å². The van der Waals surface area contributed by atoms with Crippen molar-refractivity contribution in [2.24, 2.45) is 5.92 Å². The summed E-state index contributed by atoms with van der Waals surface area (Å²) in [5, 5.41) is 0. The van der Waals surface area contributed by atoms with E-state index in [0.29, 0.717) is 6.04 Å². The summed E-state index contributed by atoms with van der Waals surface area (Å²) in [6.07, 6.45) is 7.89. The van der Waals surface area contributed by atoms with Crippen LogP contribution in [0.5, 0.6) is 0 Å². The smallest absolute Gasteiger partial charge is 0.113 e. The first-order valence-corrected chi connectivity index (χ1v) is 7.80. The van der Waals surface area contributed by atoms with E-state index in [9.17, 15) is 0 Å². The van der Waals surface area contributed by atoms with Crippen LogP contribution in [0.2, 0.25) is 0 Å². The predicted molar refractivity (Wildman–Crippen MR) is 83.1 cm³/mol. The van der Waals surface area contributed by atoms with Gasteiger partial charge in [-0.2, -0.15) is 0 Å². The molecule has 1 aliphatic heterocycles. The second-order valence-corrected chi connectivity index (χ2v) is 6.45. The fourth-order valence-electron chi connectivity index (χ4n) is 3.25. The van der Waals surface area contributed by atoms with Gasteiger partial charge in [-0.15, -0.1) is 0 Å². The molecule has 0 aliphatic carbocycles. The van der Waals surface area contributed by atoms with Crippen molar-refractivity contribution in [2.45, 2.75) is 46.1 Å². The molecule has 3 rings (SSSR count). The molecule has 2 aromatic heterocycles. The van der Waals surface area contributed by atoms with Crippen molar-refractivity contribution in [1.82, 2.24) is 14.3 Å². The first-order chi connectivity index (χ1) is 9.63. The lowest BCUT2D eigenvalue weighted by molar-refractivity contribution is 0.148. The molecule has 0 radical (unpaired) electrons. The highest BCUT2D eigenvalue weighted by Crippen LogP contribution is 2.23. The summed E-state index contributed by atoms with van der Waals surface area (Å²) in [5.74, 6) is 2.01. The van der Waals surface area contributed by atoms with Gasteiger partial charge in [-0.05, 0) is 70.3 Å². The van der Waals surface area contributed by atoms with Crippen molar-refractivity contribution in [3.8, 4) is 0 Å². The van der Waals surface area contributed by atoms with Gasteiger partial charge < -0.3 is 9.30 Å². The lowest BCUT2D eigenvalue weighted by Gasteiger charge is -2.34. The van der Waals surface area contributed by atoms with Crippen LogP contribution in [-0.2, 0) is 6.42 Å². The fourth-order valence-corrected chi connectivity index (χ4v) is 3.25. The molecular formula is C17H25N3. The van der Waals surface area contributed by atoms with Gasteiger partial charge in [0, 0.05) is 18.7 Å². The second-order valence-electron chi connectivity index (χ2n) is 6.45. The first kappa shape index (κ1) is 13.6. The summed E-state index contributed by atoms with van der Waals surface area (Å²) >= 11 is 0. The molecule has 0 atom stereocenters. The molecule has 3 heterocycles. The molecule has 0 bridgehead atoms. The molecule has 1 aliphatic rings. The van der Waals surface area contributed by atoms with Gasteiger partial charge in [0.15, 0.2) is 0 Å². The number of likely N-dealkylation sites (tertiary alicyclic amines) is 1. The number of imidazole rings is 1. The first-order valence-electron chi connectivity index (χ1n) is 7.80. The fraction of sp³-hybridized carbons (Fsp3) is 0.588. The minimum absolute atomic E-state index is 0.686. The highest BCUT2D eigenvalue weighted by atomic mass is 15.1. The zero-order valence-electron chi connectivity index (χ0n) is 12.8. The predicted octanol–water partition coefficient (Wildman–Crippen LogP) is 3.31. The van der Waals surface area contributed by atoms with Gasteiger partial charge in [0.1, 0.15) is 5.82 Å². The van der Waals surface area contributed by atoms with Crippen molar-refractivity contribution >= 4 is 5.52 Å². The van der Waals surface area contributed by atoms with E-state index in [4.69, 9.17) is 0 Å². The number of hydrogen-bond donors (Lipinski definition) is 0. The van der Waals surface area contributed by atoms with Crippen LogP contribution in [0.1, 0.15) is 38.1 Å². The van der Waals surface area contributed by atoms with Crippen molar-refractivity contribution in [1.29, 1.82) is 0 Å². The van der Waals surface area contributed by atoms with E-state index in [-0.39, 0.29) is 0 Å². The molecule has 0 N–H and O–H groups in total. The SMILES string of the molecule is Cc1ccn2c(CC3CCN(C(C)C)CC3)ncc2c1. The van der Waals surface area contributed by atoms with E-state index < -0.39 is 0 Å². The highest BCUT2D eigenvalue weighted by molar-refractivity contribution is 5.48. The number of aromatic nitrogens is 2. The molecule has 0 amide bonds. The number of aryl methyl sites for hydroxylation is 1. The molecule has 2 aromatic rings. The third kappa shape index (κ3) is 2.73. The number of rotatable bonds is 3. The van der Waals surface area contributed by atoms with E-state index in [0.717, 1.165) is 12.3 Å². The van der Waals surface area contributed by atoms with Gasteiger partial charge in [-0.25, -0.2) is 4.98 Å². The molecule has 3 nitrogen and oxygen atoms in total. The normalized spacial score (nSPS) is 18.2. The van der Waals surface area contributed by atoms with Crippen molar-refractivity contribution in [3.63, 3.8) is 0 Å². The average Bonchev–Trinajstić information content (AvgIpc) is 2.81. The number of piperidine rings is 1. The standard InChI is InChI=1S/C17H25N3/c1-13(2)19-7-5-15(6-8-19)11-17-18-12-16-10-14(3)4-9-20(16)17/h4,9-10,12-13,15H,5-8,11H2,1-3H3. The van der Waals surface area contributed by atoms with Gasteiger partial charge in [-0.1, -0.05) is 0 Å². The monoisotopic (exact) mass is 271 g/mol. The van der Waals surface area contributed by atoms with Crippen LogP contribution in [0.15, 0.2) is 24.5 Å². The Morgan fingerprint density at radius 2 is 2.05 bits per heavy atom. The number of hydrogen-bond acceptors (Lipinski definition) is 2. The Morgan fingerprint density at radius 3 is 2.75 bits per heavy atom. The Morgan fingerprint density at radius 1 is 1.30 bits per heavy atom. The highest BCUT2D eigenvalue weighted by Gasteiger charge is 2.22. The largest absolute Gasteiger partial charge is 0.304 e. The Bertz CT molecular complexity index is 577. The third-order valence-electron chi connectivity index (χ3n) is 4.61. The summed E-state index contributed by atoms with van der Waals surface area (Å²) in [7, 11) is 0. The van der Waals surface area contributed by atoms with E-state index in [2.05, 4.69) is 53.4 Å². The Kier molecular flexibility index (Phi) is 3.79. The third-order valence-corrected chi connectivity index (χ3v) is 4.61. The molecule has 0 unspecified atom stereocenters. The Balaban J connectivity index is 1.68. The summed E-state index contributed by atoms with van der Waals surface area (Å²) in [4.78, 5) is 7.22. The zero-order chi connectivity index (χ0) is 14.1. The minimum Gasteiger partial charge on any atom is -0.304 e. The quantitative estimate of drug-likeness (QED) is 0.854. The van der Waals surface area contributed by atoms with E-state index in [1.54, 1.807) is 0 Å². The maximum absolute atomic E-state index is 4.63. The van der Waals surface area contributed by atoms with Gasteiger partial charge in [0.05, 0.1) is 11.7 Å². The molecule has 1 fully saturated rings. The molecule has 1 saturated heterocycles. The molecule has 3 heteroatoms. The molecular weight excluding hydrogens is 246 g/mol. The number of pyridine rings is 1. The van der Waals surface area contributed by atoms with Crippen molar-refractivity contribution in [3.05, 3.63) is 35.9 Å². The molecule has 20 heavy (non-hydrogen) atoms. The Labute approximate surface area is 121 Å². The van der Waals surface area contributed by atoms with E-state index in [1.165, 1.54) is 42.8 Å². The summed E-state index contributed by atoms with van der Waals surface area (Å²) < 4.78 is 2.25. The van der Waals surface area contributed by atoms with Crippen LogP contribution in [0, 0.1) is 12.8 Å². The maximum Gasteiger partial charge on any atom is 0.113 e. The van der Waals surface area contributed by atoms with Crippen molar-refractivity contribution in [2.75, 3.05) is 13.1 Å². The molecule has 0 spiro atoms. The van der Waals surface area contributed by atoms with Crippen LogP contribution in [0.3, 0.4) is 0 Å².